The number of carbonyl (C=O) groups is 2. The van der Waals surface area contributed by atoms with Crippen LogP contribution in [-0.4, -0.2) is 54.5 Å². The highest BCUT2D eigenvalue weighted by molar-refractivity contribution is 6.03. The Kier molecular flexibility index (Phi) is 3.35. The van der Waals surface area contributed by atoms with Crippen molar-refractivity contribution in [3.8, 4) is 0 Å². The van der Waals surface area contributed by atoms with E-state index in [1.807, 2.05) is 12.1 Å². The number of hydrogen-bond donors (Lipinski definition) is 1. The Morgan fingerprint density at radius 2 is 1.92 bits per heavy atom. The smallest absolute Gasteiger partial charge is 0.325 e. The van der Waals surface area contributed by atoms with Crippen molar-refractivity contribution in [1.82, 2.24) is 9.80 Å². The van der Waals surface area contributed by atoms with E-state index in [0.717, 1.165) is 31.4 Å². The molecule has 3 aliphatic rings. The number of urea groups is 1. The van der Waals surface area contributed by atoms with Crippen LogP contribution >= 0.6 is 0 Å². The lowest BCUT2D eigenvalue weighted by Crippen LogP contribution is -2.46. The molecular weight excluding hydrogens is 304 g/mol. The molecule has 0 spiro atoms. The van der Waals surface area contributed by atoms with E-state index in [4.69, 9.17) is 5.73 Å². The van der Waals surface area contributed by atoms with Gasteiger partial charge in [0.25, 0.3) is 0 Å². The van der Waals surface area contributed by atoms with E-state index >= 15 is 0 Å². The van der Waals surface area contributed by atoms with E-state index in [9.17, 15) is 9.59 Å². The van der Waals surface area contributed by atoms with Crippen LogP contribution in [-0.2, 0) is 10.3 Å². The number of amides is 3. The fraction of sp³-hybridized carbons (Fsp3) is 0.556. The molecule has 1 aromatic rings. The number of carbonyl (C=O) groups excluding carboxylic acids is 2. The molecule has 1 aliphatic carbocycles. The number of fused-ring (bicyclic) bond motifs is 1. The fourth-order valence-electron chi connectivity index (χ4n) is 4.42. The number of nitrogens with zero attached hydrogens (tertiary/aromatic N) is 3. The monoisotopic (exact) mass is 328 g/mol. The maximum Gasteiger partial charge on any atom is 0.325 e. The molecule has 2 N–H and O–H groups in total. The molecule has 6 heteroatoms. The number of benzene rings is 1. The van der Waals surface area contributed by atoms with E-state index in [1.54, 1.807) is 9.80 Å². The van der Waals surface area contributed by atoms with Crippen LogP contribution < -0.4 is 10.6 Å². The minimum Gasteiger partial charge on any atom is -0.368 e. The van der Waals surface area contributed by atoms with Gasteiger partial charge in [0.05, 0.1) is 6.04 Å². The highest BCUT2D eigenvalue weighted by Crippen LogP contribution is 2.50. The van der Waals surface area contributed by atoms with Crippen LogP contribution in [0.2, 0.25) is 0 Å². The molecule has 2 aliphatic heterocycles. The van der Waals surface area contributed by atoms with Gasteiger partial charge in [-0.25, -0.2) is 4.79 Å². The Balaban J connectivity index is 1.65. The van der Waals surface area contributed by atoms with Crippen LogP contribution in [0.4, 0.5) is 10.5 Å². The molecule has 128 valence electrons. The highest BCUT2D eigenvalue weighted by atomic mass is 16.2. The van der Waals surface area contributed by atoms with Gasteiger partial charge >= 0.3 is 6.03 Å². The molecule has 0 aromatic heterocycles. The van der Waals surface area contributed by atoms with E-state index in [0.29, 0.717) is 6.54 Å². The summed E-state index contributed by atoms with van der Waals surface area (Å²) in [6, 6.07) is 7.33. The molecule has 2 saturated heterocycles. The van der Waals surface area contributed by atoms with Crippen molar-refractivity contribution in [3.05, 3.63) is 29.8 Å². The third-order valence-electron chi connectivity index (χ3n) is 5.95. The topological polar surface area (TPSA) is 69.9 Å². The van der Waals surface area contributed by atoms with Gasteiger partial charge < -0.3 is 10.6 Å². The first-order valence-corrected chi connectivity index (χ1v) is 8.63. The van der Waals surface area contributed by atoms with Gasteiger partial charge in [-0.3, -0.25) is 14.6 Å². The van der Waals surface area contributed by atoms with Gasteiger partial charge in [-0.05, 0) is 57.5 Å². The Hall–Kier alpha value is -2.08. The molecule has 0 bridgehead atoms. The quantitative estimate of drug-likeness (QED) is 0.910. The summed E-state index contributed by atoms with van der Waals surface area (Å²) in [7, 11) is 4.20. The minimum absolute atomic E-state index is 0.0776. The van der Waals surface area contributed by atoms with Crippen LogP contribution in [0.1, 0.15) is 31.2 Å². The Morgan fingerprint density at radius 1 is 1.25 bits per heavy atom. The molecule has 3 amide bonds. The third kappa shape index (κ3) is 2.05. The van der Waals surface area contributed by atoms with E-state index in [2.05, 4.69) is 31.1 Å². The fourth-order valence-corrected chi connectivity index (χ4v) is 4.42. The summed E-state index contributed by atoms with van der Waals surface area (Å²) in [5, 5.41) is 0. The average molecular weight is 328 g/mol. The zero-order valence-corrected chi connectivity index (χ0v) is 14.2. The van der Waals surface area contributed by atoms with Gasteiger partial charge in [-0.2, -0.15) is 0 Å². The SMILES string of the molecule is CN(C)C1(c2ccc(N3C(=O)N4CCC[C@@H]4C3C(N)=O)cc2)CC1. The van der Waals surface area contributed by atoms with Crippen molar-refractivity contribution < 1.29 is 9.59 Å². The Labute approximate surface area is 142 Å². The zero-order chi connectivity index (χ0) is 17.1. The minimum atomic E-state index is -0.561. The zero-order valence-electron chi connectivity index (χ0n) is 14.2. The number of rotatable bonds is 4. The maximum atomic E-state index is 12.7. The molecule has 2 heterocycles. The standard InChI is InChI=1S/C18H24N4O2/c1-20(2)18(9-10-18)12-5-7-13(8-6-12)22-15(16(19)23)14-4-3-11-21(14)17(22)24/h5-8,14-15H,3-4,9-11H2,1-2H3,(H2,19,23)/t14-,15?/m1/s1. The van der Waals surface area contributed by atoms with Crippen LogP contribution in [0.15, 0.2) is 24.3 Å². The molecule has 3 fully saturated rings. The molecular formula is C18H24N4O2. The number of hydrogen-bond acceptors (Lipinski definition) is 3. The third-order valence-corrected chi connectivity index (χ3v) is 5.95. The molecule has 6 nitrogen and oxygen atoms in total. The van der Waals surface area contributed by atoms with Crippen LogP contribution in [0.3, 0.4) is 0 Å². The largest absolute Gasteiger partial charge is 0.368 e. The average Bonchev–Trinajstić information content (AvgIpc) is 3.15. The molecule has 0 radical (unpaired) electrons. The predicted octanol–water partition coefficient (Wildman–Crippen LogP) is 1.50. The second-order valence-electron chi connectivity index (χ2n) is 7.38. The highest BCUT2D eigenvalue weighted by Gasteiger charge is 2.51. The van der Waals surface area contributed by atoms with Crippen molar-refractivity contribution in [3.63, 3.8) is 0 Å². The summed E-state index contributed by atoms with van der Waals surface area (Å²) in [4.78, 5) is 30.4. The predicted molar refractivity (Wildman–Crippen MR) is 91.6 cm³/mol. The van der Waals surface area contributed by atoms with Crippen molar-refractivity contribution in [2.75, 3.05) is 25.5 Å². The lowest BCUT2D eigenvalue weighted by Gasteiger charge is -2.26. The van der Waals surface area contributed by atoms with E-state index < -0.39 is 11.9 Å². The van der Waals surface area contributed by atoms with E-state index in [-0.39, 0.29) is 17.6 Å². The lowest BCUT2D eigenvalue weighted by atomic mass is 10.0. The summed E-state index contributed by atoms with van der Waals surface area (Å²) < 4.78 is 0. The van der Waals surface area contributed by atoms with Gasteiger partial charge in [-0.1, -0.05) is 12.1 Å². The van der Waals surface area contributed by atoms with E-state index in [1.165, 1.54) is 5.56 Å². The van der Waals surface area contributed by atoms with Crippen molar-refractivity contribution >= 4 is 17.6 Å². The molecule has 4 rings (SSSR count). The first kappa shape index (κ1) is 15.4. The Bertz CT molecular complexity index is 681. The number of anilines is 1. The van der Waals surface area contributed by atoms with Crippen molar-refractivity contribution in [2.45, 2.75) is 43.3 Å². The first-order chi connectivity index (χ1) is 11.5. The van der Waals surface area contributed by atoms with Gasteiger partial charge in [-0.15, -0.1) is 0 Å². The van der Waals surface area contributed by atoms with Gasteiger partial charge in [0.15, 0.2) is 0 Å². The van der Waals surface area contributed by atoms with Crippen molar-refractivity contribution in [2.24, 2.45) is 5.73 Å². The molecule has 1 saturated carbocycles. The van der Waals surface area contributed by atoms with Crippen LogP contribution in [0.25, 0.3) is 0 Å². The molecule has 2 atom stereocenters. The lowest BCUT2D eigenvalue weighted by molar-refractivity contribution is -0.119. The van der Waals surface area contributed by atoms with Crippen molar-refractivity contribution in [1.29, 1.82) is 0 Å². The van der Waals surface area contributed by atoms with Crippen LogP contribution in [0, 0.1) is 0 Å². The Morgan fingerprint density at radius 3 is 2.46 bits per heavy atom. The summed E-state index contributed by atoms with van der Waals surface area (Å²) in [6.45, 7) is 0.714. The number of primary amides is 1. The molecule has 1 aromatic carbocycles. The second kappa shape index (κ2) is 5.21. The van der Waals surface area contributed by atoms with Gasteiger partial charge in [0.1, 0.15) is 6.04 Å². The van der Waals surface area contributed by atoms with Crippen LogP contribution in [0.5, 0.6) is 0 Å². The first-order valence-electron chi connectivity index (χ1n) is 8.63. The molecule has 24 heavy (non-hydrogen) atoms. The van der Waals surface area contributed by atoms with Gasteiger partial charge in [0, 0.05) is 17.8 Å². The summed E-state index contributed by atoms with van der Waals surface area (Å²) in [5.41, 5.74) is 7.79. The summed E-state index contributed by atoms with van der Waals surface area (Å²) in [5.74, 6) is -0.422. The normalized spacial score (nSPS) is 27.7. The maximum absolute atomic E-state index is 12.7. The summed E-state index contributed by atoms with van der Waals surface area (Å²) >= 11 is 0. The summed E-state index contributed by atoms with van der Waals surface area (Å²) in [6.07, 6.45) is 4.10. The number of nitrogens with two attached hydrogens (primary N) is 1. The molecule has 1 unspecified atom stereocenters. The second-order valence-corrected chi connectivity index (χ2v) is 7.38. The van der Waals surface area contributed by atoms with Gasteiger partial charge in [0.2, 0.25) is 5.91 Å².